The maximum Gasteiger partial charge on any atom is 0.278 e. The predicted molar refractivity (Wildman–Crippen MR) is 217 cm³/mol. The number of nitrogens with zero attached hydrogens (tertiary/aromatic N) is 3. The van der Waals surface area contributed by atoms with Crippen molar-refractivity contribution in [3.8, 4) is 0 Å². The average molecular weight is 688 g/mol. The minimum absolute atomic E-state index is 0.0972. The fourth-order valence-corrected chi connectivity index (χ4v) is 9.99. The number of non-ortho nitro benzene ring substituents is 1. The first-order valence-corrected chi connectivity index (χ1v) is 20.8. The first-order valence-electron chi connectivity index (χ1n) is 20.8. The molecule has 2 heterocycles. The Hall–Kier alpha value is -3.28. The summed E-state index contributed by atoms with van der Waals surface area (Å²) in [5.74, 6) is 0. The van der Waals surface area contributed by atoms with Gasteiger partial charge in [-0.1, -0.05) is 141 Å². The quantitative estimate of drug-likeness (QED) is 0.0285. The summed E-state index contributed by atoms with van der Waals surface area (Å²) in [6, 6.07) is 17.0. The zero-order valence-electron chi connectivity index (χ0n) is 32.0. The molecule has 0 fully saturated rings. The van der Waals surface area contributed by atoms with Crippen molar-refractivity contribution in [2.45, 2.75) is 169 Å². The molecule has 0 atom stereocenters. The van der Waals surface area contributed by atoms with Crippen LogP contribution < -0.4 is 0 Å². The first kappa shape index (κ1) is 36.1. The van der Waals surface area contributed by atoms with E-state index >= 15 is 0 Å². The molecule has 7 rings (SSSR count). The van der Waals surface area contributed by atoms with E-state index in [0.717, 1.165) is 47.9 Å². The number of unbranched alkanes of at least 4 members (excludes halogenated alkanes) is 8. The molecule has 2 aliphatic rings. The molecule has 5 heteroatoms. The largest absolute Gasteiger partial charge is 0.292 e. The summed E-state index contributed by atoms with van der Waals surface area (Å²) in [5.41, 5.74) is 5.53. The second kappa shape index (κ2) is 16.2. The van der Waals surface area contributed by atoms with Gasteiger partial charge >= 0.3 is 0 Å². The molecular formula is C46H61N3O2. The lowest BCUT2D eigenvalue weighted by molar-refractivity contribution is -0.383. The minimum atomic E-state index is -0.0972. The highest BCUT2D eigenvalue weighted by Crippen LogP contribution is 2.49. The standard InChI is InChI=1S/C46H61N3O2/c1-5-9-13-17-36(18-14-10-6-2)47-28-32-21-24-38-39-25-22-34-30-48(37(19-15-11-7-3)20-16-12-8-4)31-35-27-41(49(50)51)45(46(39)43(34)35)40-26-23-33(29-47)42(32)44(38)40/h21-27,36-37H,5-20,28-31H2,1-4H3. The van der Waals surface area contributed by atoms with Crippen LogP contribution in [0, 0.1) is 10.1 Å². The van der Waals surface area contributed by atoms with Gasteiger partial charge in [-0.05, 0) is 80.3 Å². The van der Waals surface area contributed by atoms with Crippen LogP contribution in [-0.4, -0.2) is 26.8 Å². The highest BCUT2D eigenvalue weighted by Gasteiger charge is 2.32. The zero-order valence-corrected chi connectivity index (χ0v) is 32.0. The van der Waals surface area contributed by atoms with E-state index in [1.54, 1.807) is 0 Å². The molecule has 2 aliphatic heterocycles. The lowest BCUT2D eigenvalue weighted by atomic mass is 9.81. The Kier molecular flexibility index (Phi) is 11.4. The second-order valence-corrected chi connectivity index (χ2v) is 16.1. The molecule has 0 unspecified atom stereocenters. The molecule has 0 aliphatic carbocycles. The Morgan fingerprint density at radius 2 is 0.902 bits per heavy atom. The lowest BCUT2D eigenvalue weighted by Crippen LogP contribution is -2.36. The van der Waals surface area contributed by atoms with Crippen molar-refractivity contribution >= 4 is 48.8 Å². The van der Waals surface area contributed by atoms with E-state index in [4.69, 9.17) is 0 Å². The summed E-state index contributed by atoms with van der Waals surface area (Å²) < 4.78 is 0. The van der Waals surface area contributed by atoms with Crippen LogP contribution in [0.1, 0.15) is 153 Å². The van der Waals surface area contributed by atoms with Crippen molar-refractivity contribution in [3.05, 3.63) is 74.8 Å². The van der Waals surface area contributed by atoms with Crippen LogP contribution in [0.5, 0.6) is 0 Å². The molecule has 0 aromatic heterocycles. The summed E-state index contributed by atoms with van der Waals surface area (Å²) >= 11 is 0. The summed E-state index contributed by atoms with van der Waals surface area (Å²) in [4.78, 5) is 18.4. The Bertz CT molecular complexity index is 1950. The highest BCUT2D eigenvalue weighted by molar-refractivity contribution is 6.36. The summed E-state index contributed by atoms with van der Waals surface area (Å²) in [6.45, 7) is 12.8. The van der Waals surface area contributed by atoms with Crippen LogP contribution in [0.25, 0.3) is 43.1 Å². The molecule has 0 spiro atoms. The Morgan fingerprint density at radius 3 is 1.33 bits per heavy atom. The number of fused-ring (bicyclic) bond motifs is 2. The monoisotopic (exact) mass is 687 g/mol. The molecule has 272 valence electrons. The van der Waals surface area contributed by atoms with Crippen LogP contribution in [0.3, 0.4) is 0 Å². The SMILES string of the molecule is CCCCCC(CCCCC)N1Cc2ccc3c4ccc5c6c(cc([N+](=O)[O-])c(c7ccc(c2c37)C1)c64)CN(C(CCCCC)CCCCC)C5. The van der Waals surface area contributed by atoms with Crippen LogP contribution in [0.2, 0.25) is 0 Å². The lowest BCUT2D eigenvalue weighted by Gasteiger charge is -2.37. The third kappa shape index (κ3) is 6.98. The third-order valence-electron chi connectivity index (χ3n) is 12.6. The zero-order chi connectivity index (χ0) is 35.5. The minimum Gasteiger partial charge on any atom is -0.292 e. The Balaban J connectivity index is 1.32. The number of rotatable bonds is 19. The van der Waals surface area contributed by atoms with Crippen molar-refractivity contribution in [3.63, 3.8) is 0 Å². The van der Waals surface area contributed by atoms with E-state index in [1.165, 1.54) is 146 Å². The van der Waals surface area contributed by atoms with Gasteiger partial charge in [0.2, 0.25) is 0 Å². The van der Waals surface area contributed by atoms with Gasteiger partial charge < -0.3 is 0 Å². The molecule has 5 aromatic rings. The molecule has 51 heavy (non-hydrogen) atoms. The highest BCUT2D eigenvalue weighted by atomic mass is 16.6. The maximum absolute atomic E-state index is 13.0. The number of hydrogen-bond acceptors (Lipinski definition) is 4. The van der Waals surface area contributed by atoms with E-state index < -0.39 is 0 Å². The number of nitro benzene ring substituents is 1. The van der Waals surface area contributed by atoms with Crippen LogP contribution in [-0.2, 0) is 26.2 Å². The van der Waals surface area contributed by atoms with Crippen LogP contribution >= 0.6 is 0 Å². The van der Waals surface area contributed by atoms with Crippen LogP contribution in [0.15, 0.2) is 42.5 Å². The van der Waals surface area contributed by atoms with Gasteiger partial charge in [-0.2, -0.15) is 0 Å². The van der Waals surface area contributed by atoms with Crippen LogP contribution in [0.4, 0.5) is 5.69 Å². The molecule has 0 bridgehead atoms. The molecule has 5 nitrogen and oxygen atoms in total. The van der Waals surface area contributed by atoms with Crippen molar-refractivity contribution in [1.82, 2.24) is 9.80 Å². The average Bonchev–Trinajstić information content (AvgIpc) is 3.14. The van der Waals surface area contributed by atoms with E-state index in [2.05, 4.69) is 73.9 Å². The predicted octanol–water partition coefficient (Wildman–Crippen LogP) is 13.3. The molecule has 0 radical (unpaired) electrons. The first-order chi connectivity index (χ1) is 25.0. The number of benzene rings is 5. The van der Waals surface area contributed by atoms with E-state index in [9.17, 15) is 10.1 Å². The topological polar surface area (TPSA) is 49.6 Å². The van der Waals surface area contributed by atoms with Gasteiger partial charge in [0.15, 0.2) is 0 Å². The van der Waals surface area contributed by atoms with Gasteiger partial charge in [-0.3, -0.25) is 19.9 Å². The Labute approximate surface area is 306 Å². The fourth-order valence-electron chi connectivity index (χ4n) is 9.99. The molecular weight excluding hydrogens is 627 g/mol. The summed E-state index contributed by atoms with van der Waals surface area (Å²) in [7, 11) is 0. The van der Waals surface area contributed by atoms with Gasteiger partial charge in [0, 0.05) is 49.7 Å². The van der Waals surface area contributed by atoms with E-state index in [-0.39, 0.29) is 10.6 Å². The van der Waals surface area contributed by atoms with Crippen molar-refractivity contribution in [2.24, 2.45) is 0 Å². The molecule has 0 saturated heterocycles. The number of nitro groups is 1. The fraction of sp³-hybridized carbons (Fsp3) is 0.565. The van der Waals surface area contributed by atoms with Crippen molar-refractivity contribution in [1.29, 1.82) is 0 Å². The van der Waals surface area contributed by atoms with E-state index in [0.29, 0.717) is 12.1 Å². The normalized spacial score (nSPS) is 15.2. The smallest absolute Gasteiger partial charge is 0.278 e. The molecule has 5 aromatic carbocycles. The second-order valence-electron chi connectivity index (χ2n) is 16.1. The van der Waals surface area contributed by atoms with Gasteiger partial charge in [0.05, 0.1) is 10.3 Å². The Morgan fingerprint density at radius 1 is 0.510 bits per heavy atom. The molecule has 0 amide bonds. The molecule has 0 saturated carbocycles. The van der Waals surface area contributed by atoms with Gasteiger partial charge in [0.25, 0.3) is 5.69 Å². The van der Waals surface area contributed by atoms with Gasteiger partial charge in [0.1, 0.15) is 0 Å². The van der Waals surface area contributed by atoms with Gasteiger partial charge in [-0.15, -0.1) is 0 Å². The van der Waals surface area contributed by atoms with E-state index in [1.807, 2.05) is 6.07 Å². The summed E-state index contributed by atoms with van der Waals surface area (Å²) in [6.07, 6.45) is 20.2. The van der Waals surface area contributed by atoms with Crippen molar-refractivity contribution in [2.75, 3.05) is 0 Å². The van der Waals surface area contributed by atoms with Crippen molar-refractivity contribution < 1.29 is 4.92 Å². The third-order valence-corrected chi connectivity index (χ3v) is 12.6. The maximum atomic E-state index is 13.0. The van der Waals surface area contributed by atoms with Gasteiger partial charge in [-0.25, -0.2) is 0 Å². The summed E-state index contributed by atoms with van der Waals surface area (Å²) in [5, 5.41) is 22.4. The molecule has 0 N–H and O–H groups in total. The number of hydrogen-bond donors (Lipinski definition) is 0.